The molecule has 34 heavy (non-hydrogen) atoms. The van der Waals surface area contributed by atoms with Gasteiger partial charge >= 0.3 is 12.2 Å². The van der Waals surface area contributed by atoms with E-state index < -0.39 is 18.2 Å². The van der Waals surface area contributed by atoms with Gasteiger partial charge in [0.1, 0.15) is 6.61 Å². The summed E-state index contributed by atoms with van der Waals surface area (Å²) in [6.45, 7) is 0.621. The van der Waals surface area contributed by atoms with E-state index in [-0.39, 0.29) is 37.8 Å². The van der Waals surface area contributed by atoms with Gasteiger partial charge in [0.2, 0.25) is 11.8 Å². The first-order valence-corrected chi connectivity index (χ1v) is 11.3. The molecule has 2 aromatic carbocycles. The van der Waals surface area contributed by atoms with Gasteiger partial charge in [-0.2, -0.15) is 0 Å². The van der Waals surface area contributed by atoms with Crippen LogP contribution in [0.5, 0.6) is 0 Å². The Kier molecular flexibility index (Phi) is 11.4. The molecule has 4 amide bonds. The Labute approximate surface area is 203 Å². The molecule has 182 valence electrons. The summed E-state index contributed by atoms with van der Waals surface area (Å²) in [5.41, 5.74) is 1.89. The van der Waals surface area contributed by atoms with Gasteiger partial charge in [0.15, 0.2) is 0 Å². The quantitative estimate of drug-likeness (QED) is 0.367. The van der Waals surface area contributed by atoms with Crippen molar-refractivity contribution in [3.8, 4) is 0 Å². The molecule has 3 rings (SSSR count). The lowest BCUT2D eigenvalue weighted by Crippen LogP contribution is -2.46. The zero-order valence-corrected chi connectivity index (χ0v) is 19.4. The second kappa shape index (κ2) is 14.5. The van der Waals surface area contributed by atoms with E-state index in [9.17, 15) is 19.2 Å². The van der Waals surface area contributed by atoms with Crippen LogP contribution in [-0.4, -0.2) is 59.0 Å². The lowest BCUT2D eigenvalue weighted by Gasteiger charge is -2.23. The number of hydrogen-bond acceptors (Lipinski definition) is 5. The minimum atomic E-state index is -1.03. The fourth-order valence-corrected chi connectivity index (χ4v) is 3.29. The molecule has 1 unspecified atom stereocenters. The number of alkyl halides is 1. The molecule has 1 aliphatic heterocycles. The highest BCUT2D eigenvalue weighted by Gasteiger charge is 2.31. The van der Waals surface area contributed by atoms with Crippen LogP contribution < -0.4 is 10.6 Å². The summed E-state index contributed by atoms with van der Waals surface area (Å²) in [5.74, 6) is -0.0678. The number of benzene rings is 2. The molecule has 1 saturated heterocycles. The van der Waals surface area contributed by atoms with Crippen LogP contribution in [0.3, 0.4) is 0 Å². The summed E-state index contributed by atoms with van der Waals surface area (Å²) in [5, 5.41) is 12.8. The fourth-order valence-electron chi connectivity index (χ4n) is 3.19. The maximum atomic E-state index is 12.2. The number of nitrogens with zero attached hydrogens (tertiary/aromatic N) is 1. The molecule has 1 aliphatic rings. The van der Waals surface area contributed by atoms with Crippen molar-refractivity contribution in [3.05, 3.63) is 71.8 Å². The molecular weight excluding hydrogens is 462 g/mol. The van der Waals surface area contributed by atoms with Crippen LogP contribution in [0.15, 0.2) is 60.7 Å². The van der Waals surface area contributed by atoms with Crippen molar-refractivity contribution >= 4 is 35.6 Å². The van der Waals surface area contributed by atoms with Crippen LogP contribution in [0.2, 0.25) is 0 Å². The van der Waals surface area contributed by atoms with Crippen molar-refractivity contribution in [2.24, 2.45) is 0 Å². The predicted molar refractivity (Wildman–Crippen MR) is 126 cm³/mol. The van der Waals surface area contributed by atoms with Gasteiger partial charge in [-0.1, -0.05) is 60.7 Å². The van der Waals surface area contributed by atoms with E-state index in [4.69, 9.17) is 21.4 Å². The Morgan fingerprint density at radius 1 is 0.971 bits per heavy atom. The zero-order chi connectivity index (χ0) is 24.8. The molecule has 0 radical (unpaired) electrons. The number of nitrogens with one attached hydrogen (secondary N) is 2. The molecular formula is C24H28ClN3O6. The Morgan fingerprint density at radius 3 is 2.03 bits per heavy atom. The Balaban J connectivity index is 0.000000509. The van der Waals surface area contributed by atoms with Crippen molar-refractivity contribution in [3.63, 3.8) is 0 Å². The molecule has 1 heterocycles. The van der Waals surface area contributed by atoms with Crippen LogP contribution in [-0.2, 0) is 27.4 Å². The van der Waals surface area contributed by atoms with Crippen LogP contribution in [0.25, 0.3) is 0 Å². The fraction of sp³-hybridized carbons (Fsp3) is 0.333. The number of amides is 4. The van der Waals surface area contributed by atoms with Gasteiger partial charge in [-0.15, -0.1) is 11.6 Å². The molecule has 1 fully saturated rings. The summed E-state index contributed by atoms with van der Waals surface area (Å²) >= 11 is 5.12. The second-order valence-corrected chi connectivity index (χ2v) is 7.79. The minimum absolute atomic E-state index is 0.146. The summed E-state index contributed by atoms with van der Waals surface area (Å²) in [6, 6.07) is 18.6. The van der Waals surface area contributed by atoms with Gasteiger partial charge in [-0.3, -0.25) is 14.5 Å². The largest absolute Gasteiger partial charge is 0.465 e. The number of halogens is 1. The number of likely N-dealkylation sites (tertiary alicyclic amines) is 1. The third kappa shape index (κ3) is 9.91. The SMILES string of the molecule is O=C(NC(Cc1ccccc1)CN1C(=O)CCC1=O)OCc1ccccc1.O=C(O)NCCCl. The molecule has 3 N–H and O–H groups in total. The Morgan fingerprint density at radius 2 is 1.53 bits per heavy atom. The first-order chi connectivity index (χ1) is 16.4. The van der Waals surface area contributed by atoms with E-state index in [0.29, 0.717) is 18.8 Å². The second-order valence-electron chi connectivity index (χ2n) is 7.41. The highest BCUT2D eigenvalue weighted by molar-refractivity contribution is 6.18. The topological polar surface area (TPSA) is 125 Å². The molecule has 0 saturated carbocycles. The van der Waals surface area contributed by atoms with E-state index in [1.807, 2.05) is 60.7 Å². The molecule has 2 aromatic rings. The monoisotopic (exact) mass is 489 g/mol. The number of hydrogen-bond donors (Lipinski definition) is 3. The van der Waals surface area contributed by atoms with Crippen molar-refractivity contribution in [2.45, 2.75) is 31.9 Å². The van der Waals surface area contributed by atoms with E-state index >= 15 is 0 Å². The summed E-state index contributed by atoms with van der Waals surface area (Å²) < 4.78 is 5.28. The van der Waals surface area contributed by atoms with Crippen LogP contribution in [0.1, 0.15) is 24.0 Å². The van der Waals surface area contributed by atoms with E-state index in [0.717, 1.165) is 11.1 Å². The van der Waals surface area contributed by atoms with Crippen molar-refractivity contribution < 1.29 is 29.0 Å². The predicted octanol–water partition coefficient (Wildman–Crippen LogP) is 3.17. The normalized spacial score (nSPS) is 13.5. The van der Waals surface area contributed by atoms with Crippen LogP contribution in [0, 0.1) is 0 Å². The zero-order valence-electron chi connectivity index (χ0n) is 18.6. The molecule has 0 aliphatic carbocycles. The van der Waals surface area contributed by atoms with E-state index in [2.05, 4.69) is 10.6 Å². The van der Waals surface area contributed by atoms with Gasteiger partial charge in [-0.25, -0.2) is 9.59 Å². The number of carbonyl (C=O) groups is 4. The summed E-state index contributed by atoms with van der Waals surface area (Å²) in [6.07, 6.45) is -0.636. The number of ether oxygens (including phenoxy) is 1. The average Bonchev–Trinajstić information content (AvgIpc) is 3.15. The van der Waals surface area contributed by atoms with E-state index in [1.165, 1.54) is 4.90 Å². The highest BCUT2D eigenvalue weighted by atomic mass is 35.5. The summed E-state index contributed by atoms with van der Waals surface area (Å²) in [4.78, 5) is 46.9. The number of rotatable bonds is 9. The van der Waals surface area contributed by atoms with Crippen molar-refractivity contribution in [2.75, 3.05) is 19.0 Å². The molecule has 10 heteroatoms. The average molecular weight is 490 g/mol. The minimum Gasteiger partial charge on any atom is -0.465 e. The van der Waals surface area contributed by atoms with Gasteiger partial charge in [0.25, 0.3) is 0 Å². The van der Waals surface area contributed by atoms with Gasteiger partial charge in [0.05, 0.1) is 6.04 Å². The number of carboxylic acid groups (broad SMARTS) is 1. The van der Waals surface area contributed by atoms with Crippen molar-refractivity contribution in [1.82, 2.24) is 15.5 Å². The Bertz CT molecular complexity index is 926. The number of alkyl carbamates (subject to hydrolysis) is 1. The van der Waals surface area contributed by atoms with Gasteiger partial charge in [0, 0.05) is 31.8 Å². The highest BCUT2D eigenvalue weighted by Crippen LogP contribution is 2.14. The smallest absolute Gasteiger partial charge is 0.407 e. The lowest BCUT2D eigenvalue weighted by molar-refractivity contribution is -0.138. The maximum Gasteiger partial charge on any atom is 0.407 e. The molecule has 9 nitrogen and oxygen atoms in total. The molecule has 1 atom stereocenters. The first-order valence-electron chi connectivity index (χ1n) is 10.8. The standard InChI is InChI=1S/C21H22N2O4.C3H6ClNO2/c24-19-11-12-20(25)23(19)14-18(13-16-7-3-1-4-8-16)22-21(26)27-15-17-9-5-2-6-10-17;4-1-2-5-3(6)7/h1-10,18H,11-15H2,(H,22,26);5H,1-2H2,(H,6,7). The lowest BCUT2D eigenvalue weighted by atomic mass is 10.1. The van der Waals surface area contributed by atoms with Crippen LogP contribution >= 0.6 is 11.6 Å². The molecule has 0 bridgehead atoms. The third-order valence-electron chi connectivity index (χ3n) is 4.79. The third-order valence-corrected chi connectivity index (χ3v) is 4.98. The molecule has 0 aromatic heterocycles. The number of carbonyl (C=O) groups excluding carboxylic acids is 3. The first kappa shape index (κ1) is 26.7. The maximum absolute atomic E-state index is 12.2. The van der Waals surface area contributed by atoms with Gasteiger partial charge in [-0.05, 0) is 17.5 Å². The molecule has 0 spiro atoms. The van der Waals surface area contributed by atoms with Crippen LogP contribution in [0.4, 0.5) is 9.59 Å². The van der Waals surface area contributed by atoms with E-state index in [1.54, 1.807) is 0 Å². The van der Waals surface area contributed by atoms with Crippen molar-refractivity contribution in [1.29, 1.82) is 0 Å². The number of imide groups is 1. The van der Waals surface area contributed by atoms with Gasteiger partial charge < -0.3 is 20.5 Å². The summed E-state index contributed by atoms with van der Waals surface area (Å²) in [7, 11) is 0. The Hall–Kier alpha value is -3.59.